The Bertz CT molecular complexity index is 950. The van der Waals surface area contributed by atoms with Crippen molar-refractivity contribution in [2.75, 3.05) is 33.4 Å². The molecular weight excluding hydrogens is 410 g/mol. The third kappa shape index (κ3) is 5.81. The van der Waals surface area contributed by atoms with Crippen LogP contribution in [0.4, 0.5) is 0 Å². The number of carbonyl (C=O) groups excluding carboxylic acids is 1. The van der Waals surface area contributed by atoms with Crippen molar-refractivity contribution in [3.63, 3.8) is 0 Å². The highest BCUT2D eigenvalue weighted by Crippen LogP contribution is 2.26. The minimum Gasteiger partial charge on any atom is -0.497 e. The Balaban J connectivity index is 1.30. The number of nitrogens with one attached hydrogen (secondary N) is 1. The number of likely N-dealkylation sites (tertiary alicyclic amines) is 1. The van der Waals surface area contributed by atoms with Crippen molar-refractivity contribution in [2.24, 2.45) is 0 Å². The van der Waals surface area contributed by atoms with Gasteiger partial charge in [0.25, 0.3) is 0 Å². The molecule has 164 valence electrons. The number of amides is 1. The number of para-hydroxylation sites is 1. The van der Waals surface area contributed by atoms with Crippen LogP contribution in [-0.4, -0.2) is 49.1 Å². The van der Waals surface area contributed by atoms with Crippen LogP contribution in [0.5, 0.6) is 5.75 Å². The van der Waals surface area contributed by atoms with Gasteiger partial charge in [0.1, 0.15) is 17.4 Å². The molecule has 1 saturated heterocycles. The van der Waals surface area contributed by atoms with E-state index in [9.17, 15) is 4.79 Å². The van der Waals surface area contributed by atoms with Crippen molar-refractivity contribution in [3.05, 3.63) is 59.1 Å². The van der Waals surface area contributed by atoms with Crippen LogP contribution in [-0.2, 0) is 16.1 Å². The zero-order valence-corrected chi connectivity index (χ0v) is 18.7. The summed E-state index contributed by atoms with van der Waals surface area (Å²) in [4.78, 5) is 19.4. The molecule has 0 radical (unpaired) electrons. The van der Waals surface area contributed by atoms with Gasteiger partial charge in [0.15, 0.2) is 0 Å². The van der Waals surface area contributed by atoms with Gasteiger partial charge in [-0.25, -0.2) is 4.98 Å². The fourth-order valence-electron chi connectivity index (χ4n) is 3.99. The molecule has 1 N–H and O–H groups in total. The van der Waals surface area contributed by atoms with Gasteiger partial charge in [-0.3, -0.25) is 9.69 Å². The first kappa shape index (κ1) is 21.7. The molecule has 6 nitrogen and oxygen atoms in total. The van der Waals surface area contributed by atoms with Crippen LogP contribution in [0.25, 0.3) is 10.2 Å². The molecule has 2 aromatic carbocycles. The molecule has 1 aliphatic heterocycles. The van der Waals surface area contributed by atoms with Crippen molar-refractivity contribution < 1.29 is 14.3 Å². The first-order chi connectivity index (χ1) is 15.2. The van der Waals surface area contributed by atoms with Crippen LogP contribution in [0, 0.1) is 0 Å². The number of methoxy groups -OCH3 is 1. The van der Waals surface area contributed by atoms with E-state index in [0.717, 1.165) is 34.1 Å². The van der Waals surface area contributed by atoms with Crippen LogP contribution < -0.4 is 10.1 Å². The summed E-state index contributed by atoms with van der Waals surface area (Å²) in [5.41, 5.74) is 2.16. The van der Waals surface area contributed by atoms with E-state index in [2.05, 4.69) is 27.3 Å². The van der Waals surface area contributed by atoms with Crippen LogP contribution in [0.1, 0.15) is 35.9 Å². The fraction of sp³-hybridized carbons (Fsp3) is 0.417. The highest BCUT2D eigenvalue weighted by molar-refractivity contribution is 7.18. The zero-order chi connectivity index (χ0) is 21.5. The number of benzene rings is 2. The van der Waals surface area contributed by atoms with Crippen molar-refractivity contribution in [1.29, 1.82) is 0 Å². The molecule has 7 heteroatoms. The van der Waals surface area contributed by atoms with Crippen LogP contribution in [0.15, 0.2) is 48.5 Å². The van der Waals surface area contributed by atoms with Crippen molar-refractivity contribution in [2.45, 2.75) is 31.9 Å². The molecule has 1 fully saturated rings. The zero-order valence-electron chi connectivity index (χ0n) is 17.9. The Morgan fingerprint density at radius 1 is 1.13 bits per heavy atom. The van der Waals surface area contributed by atoms with Crippen molar-refractivity contribution >= 4 is 27.5 Å². The largest absolute Gasteiger partial charge is 0.497 e. The van der Waals surface area contributed by atoms with Gasteiger partial charge < -0.3 is 14.8 Å². The molecule has 2 heterocycles. The van der Waals surface area contributed by atoms with E-state index in [4.69, 9.17) is 9.47 Å². The Morgan fingerprint density at radius 2 is 1.90 bits per heavy atom. The molecule has 1 aromatic heterocycles. The minimum absolute atomic E-state index is 0.0330. The van der Waals surface area contributed by atoms with Gasteiger partial charge in [0.05, 0.1) is 30.0 Å². The van der Waals surface area contributed by atoms with Crippen molar-refractivity contribution in [3.8, 4) is 5.75 Å². The van der Waals surface area contributed by atoms with Crippen LogP contribution >= 0.6 is 11.3 Å². The lowest BCUT2D eigenvalue weighted by Gasteiger charge is -2.35. The molecule has 31 heavy (non-hydrogen) atoms. The fourth-order valence-corrected chi connectivity index (χ4v) is 4.89. The predicted molar refractivity (Wildman–Crippen MR) is 123 cm³/mol. The summed E-state index contributed by atoms with van der Waals surface area (Å²) in [6, 6.07) is 16.3. The average molecular weight is 440 g/mol. The van der Waals surface area contributed by atoms with Gasteiger partial charge >= 0.3 is 0 Å². The lowest BCUT2D eigenvalue weighted by molar-refractivity contribution is -0.126. The second kappa shape index (κ2) is 10.7. The maximum absolute atomic E-state index is 12.4. The number of nitrogens with zero attached hydrogens (tertiary/aromatic N) is 2. The molecule has 3 aromatic rings. The summed E-state index contributed by atoms with van der Waals surface area (Å²) in [6.45, 7) is 3.06. The van der Waals surface area contributed by atoms with Crippen LogP contribution in [0.3, 0.4) is 0 Å². The number of fused-ring (bicyclic) bond motifs is 1. The maximum atomic E-state index is 12.4. The van der Waals surface area contributed by atoms with E-state index in [0.29, 0.717) is 13.2 Å². The number of piperidine rings is 1. The summed E-state index contributed by atoms with van der Waals surface area (Å²) in [5, 5.41) is 3.95. The minimum atomic E-state index is -0.100. The maximum Gasteiger partial charge on any atom is 0.246 e. The molecule has 1 amide bonds. The standard InChI is InChI=1S/C24H29N3O3S/c1-29-19-11-9-18(10-12-19)21(27-13-5-2-6-14-27)15-25-23(28)16-30-17-24-26-20-7-3-4-8-22(20)31-24/h3-4,7-12,21H,2,5-6,13-17H2,1H3,(H,25,28). The van der Waals surface area contributed by atoms with E-state index in [1.165, 1.54) is 24.8 Å². The molecule has 1 atom stereocenters. The molecule has 0 spiro atoms. The lowest BCUT2D eigenvalue weighted by Crippen LogP contribution is -2.41. The Kier molecular flexibility index (Phi) is 7.51. The number of rotatable bonds is 9. The molecule has 1 aliphatic rings. The third-order valence-electron chi connectivity index (χ3n) is 5.62. The number of hydrogen-bond acceptors (Lipinski definition) is 6. The summed E-state index contributed by atoms with van der Waals surface area (Å²) >= 11 is 1.60. The van der Waals surface area contributed by atoms with E-state index in [-0.39, 0.29) is 18.6 Å². The number of carbonyl (C=O) groups is 1. The summed E-state index contributed by atoms with van der Waals surface area (Å²) in [5.74, 6) is 0.741. The normalized spacial score (nSPS) is 15.6. The smallest absolute Gasteiger partial charge is 0.246 e. The second-order valence-electron chi connectivity index (χ2n) is 7.76. The number of thiazole rings is 1. The Morgan fingerprint density at radius 3 is 2.65 bits per heavy atom. The third-order valence-corrected chi connectivity index (χ3v) is 6.63. The molecule has 0 saturated carbocycles. The van der Waals surface area contributed by atoms with Crippen LogP contribution in [0.2, 0.25) is 0 Å². The predicted octanol–water partition coefficient (Wildman–Crippen LogP) is 4.16. The van der Waals surface area contributed by atoms with Gasteiger partial charge in [-0.15, -0.1) is 11.3 Å². The van der Waals surface area contributed by atoms with E-state index < -0.39 is 0 Å². The average Bonchev–Trinajstić information content (AvgIpc) is 3.23. The van der Waals surface area contributed by atoms with Gasteiger partial charge in [0, 0.05) is 6.54 Å². The summed E-state index contributed by atoms with van der Waals surface area (Å²) in [7, 11) is 1.67. The van der Waals surface area contributed by atoms with E-state index in [1.54, 1.807) is 18.4 Å². The second-order valence-corrected chi connectivity index (χ2v) is 8.87. The Labute approximate surface area is 187 Å². The van der Waals surface area contributed by atoms with Gasteiger partial charge in [0.2, 0.25) is 5.91 Å². The van der Waals surface area contributed by atoms with Crippen molar-refractivity contribution in [1.82, 2.24) is 15.2 Å². The highest BCUT2D eigenvalue weighted by Gasteiger charge is 2.23. The monoisotopic (exact) mass is 439 g/mol. The lowest BCUT2D eigenvalue weighted by atomic mass is 10.0. The van der Waals surface area contributed by atoms with E-state index in [1.807, 2.05) is 36.4 Å². The molecule has 4 rings (SSSR count). The first-order valence-electron chi connectivity index (χ1n) is 10.8. The van der Waals surface area contributed by atoms with Gasteiger partial charge in [-0.2, -0.15) is 0 Å². The highest BCUT2D eigenvalue weighted by atomic mass is 32.1. The molecule has 1 unspecified atom stereocenters. The van der Waals surface area contributed by atoms with E-state index >= 15 is 0 Å². The van der Waals surface area contributed by atoms with Gasteiger partial charge in [-0.1, -0.05) is 30.7 Å². The molecule has 0 aliphatic carbocycles. The molecular formula is C24H29N3O3S. The summed E-state index contributed by atoms with van der Waals surface area (Å²) in [6.07, 6.45) is 3.68. The number of hydrogen-bond donors (Lipinski definition) is 1. The SMILES string of the molecule is COc1ccc(C(CNC(=O)COCc2nc3ccccc3s2)N2CCCCC2)cc1. The number of aromatic nitrogens is 1. The first-order valence-corrected chi connectivity index (χ1v) is 11.6. The Hall–Kier alpha value is -2.48. The number of ether oxygens (including phenoxy) is 2. The molecule has 0 bridgehead atoms. The quantitative estimate of drug-likeness (QED) is 0.542. The topological polar surface area (TPSA) is 63.7 Å². The van der Waals surface area contributed by atoms with Gasteiger partial charge in [-0.05, 0) is 55.8 Å². The summed E-state index contributed by atoms with van der Waals surface area (Å²) < 4.78 is 12.1.